The van der Waals surface area contributed by atoms with Crippen LogP contribution >= 0.6 is 11.6 Å². The predicted molar refractivity (Wildman–Crippen MR) is 115 cm³/mol. The number of fused-ring (bicyclic) bond motifs is 1. The number of nitrogens with zero attached hydrogens (tertiary/aromatic N) is 1. The van der Waals surface area contributed by atoms with E-state index in [1.807, 2.05) is 26.0 Å². The molecule has 0 N–H and O–H groups in total. The fourth-order valence-corrected chi connectivity index (χ4v) is 4.49. The summed E-state index contributed by atoms with van der Waals surface area (Å²) in [6, 6.07) is 10.3. The van der Waals surface area contributed by atoms with Crippen molar-refractivity contribution in [3.8, 4) is 5.75 Å². The summed E-state index contributed by atoms with van der Waals surface area (Å²) in [4.78, 5) is 39.8. The lowest BCUT2D eigenvalue weighted by Gasteiger charge is -2.19. The molecule has 0 unspecified atom stereocenters. The molecule has 2 fully saturated rings. The predicted octanol–water partition coefficient (Wildman–Crippen LogP) is 4.90. The average molecular weight is 426 g/mol. The number of amides is 2. The van der Waals surface area contributed by atoms with Crippen LogP contribution in [0.4, 0.5) is 5.69 Å². The first-order chi connectivity index (χ1) is 14.4. The van der Waals surface area contributed by atoms with E-state index in [0.29, 0.717) is 22.0 Å². The van der Waals surface area contributed by atoms with Crippen LogP contribution in [-0.4, -0.2) is 24.2 Å². The third-order valence-corrected chi connectivity index (χ3v) is 6.43. The van der Waals surface area contributed by atoms with E-state index in [9.17, 15) is 14.4 Å². The summed E-state index contributed by atoms with van der Waals surface area (Å²) in [5.41, 5.74) is 3.02. The van der Waals surface area contributed by atoms with E-state index in [0.717, 1.165) is 36.8 Å². The van der Waals surface area contributed by atoms with Gasteiger partial charge in [-0.25, -0.2) is 4.90 Å². The molecule has 1 aliphatic carbocycles. The van der Waals surface area contributed by atoms with E-state index in [-0.39, 0.29) is 36.0 Å². The van der Waals surface area contributed by atoms with Crippen molar-refractivity contribution >= 4 is 34.9 Å². The van der Waals surface area contributed by atoms with Gasteiger partial charge in [-0.05, 0) is 62.1 Å². The number of rotatable bonds is 5. The Hall–Kier alpha value is -2.66. The van der Waals surface area contributed by atoms with Gasteiger partial charge in [-0.15, -0.1) is 0 Å². The van der Waals surface area contributed by atoms with Gasteiger partial charge < -0.3 is 4.74 Å². The van der Waals surface area contributed by atoms with Crippen LogP contribution in [0.5, 0.6) is 5.75 Å². The van der Waals surface area contributed by atoms with E-state index < -0.39 is 0 Å². The Labute approximate surface area is 181 Å². The number of anilines is 1. The van der Waals surface area contributed by atoms with E-state index in [2.05, 4.69) is 0 Å². The fraction of sp³-hybridized carbons (Fsp3) is 0.375. The summed E-state index contributed by atoms with van der Waals surface area (Å²) < 4.78 is 5.79. The van der Waals surface area contributed by atoms with Gasteiger partial charge in [0, 0.05) is 10.6 Å². The maximum Gasteiger partial charge on any atom is 0.237 e. The van der Waals surface area contributed by atoms with Crippen LogP contribution in [0.2, 0.25) is 5.02 Å². The van der Waals surface area contributed by atoms with Gasteiger partial charge in [0.1, 0.15) is 5.75 Å². The number of carbonyl (C=O) groups excluding carboxylic acids is 3. The lowest BCUT2D eigenvalue weighted by molar-refractivity contribution is -0.122. The van der Waals surface area contributed by atoms with Gasteiger partial charge in [-0.2, -0.15) is 0 Å². The van der Waals surface area contributed by atoms with E-state index >= 15 is 0 Å². The highest BCUT2D eigenvalue weighted by molar-refractivity contribution is 6.31. The number of hydrogen-bond acceptors (Lipinski definition) is 4. The van der Waals surface area contributed by atoms with Gasteiger partial charge >= 0.3 is 0 Å². The molecule has 1 heterocycles. The summed E-state index contributed by atoms with van der Waals surface area (Å²) in [6.07, 6.45) is 3.37. The van der Waals surface area contributed by atoms with Crippen molar-refractivity contribution in [3.05, 3.63) is 58.1 Å². The third-order valence-electron chi connectivity index (χ3n) is 6.19. The van der Waals surface area contributed by atoms with Gasteiger partial charge in [0.2, 0.25) is 11.8 Å². The Balaban J connectivity index is 1.58. The second-order valence-corrected chi connectivity index (χ2v) is 8.57. The van der Waals surface area contributed by atoms with Gasteiger partial charge in [0.15, 0.2) is 12.4 Å². The first-order valence-corrected chi connectivity index (χ1v) is 10.6. The Morgan fingerprint density at radius 3 is 2.30 bits per heavy atom. The minimum Gasteiger partial charge on any atom is -0.483 e. The molecule has 2 amide bonds. The molecule has 1 saturated heterocycles. The van der Waals surface area contributed by atoms with Gasteiger partial charge in [0.25, 0.3) is 0 Å². The summed E-state index contributed by atoms with van der Waals surface area (Å²) in [7, 11) is 0. The molecule has 1 saturated carbocycles. The van der Waals surface area contributed by atoms with Crippen LogP contribution in [0.25, 0.3) is 0 Å². The number of carbonyl (C=O) groups is 3. The first-order valence-electron chi connectivity index (χ1n) is 10.3. The highest BCUT2D eigenvalue weighted by atomic mass is 35.5. The van der Waals surface area contributed by atoms with Gasteiger partial charge in [-0.3, -0.25) is 14.4 Å². The molecule has 2 atom stereocenters. The minimum absolute atomic E-state index is 0.174. The van der Waals surface area contributed by atoms with Crippen LogP contribution in [0.3, 0.4) is 0 Å². The minimum atomic E-state index is -0.268. The van der Waals surface area contributed by atoms with Crippen LogP contribution < -0.4 is 9.64 Å². The molecule has 2 aromatic carbocycles. The number of hydrogen-bond donors (Lipinski definition) is 0. The van der Waals surface area contributed by atoms with Gasteiger partial charge in [0.05, 0.1) is 17.5 Å². The highest BCUT2D eigenvalue weighted by Crippen LogP contribution is 2.43. The van der Waals surface area contributed by atoms with Crippen molar-refractivity contribution in [1.29, 1.82) is 0 Å². The van der Waals surface area contributed by atoms with E-state index in [1.165, 1.54) is 4.90 Å². The number of aryl methyl sites for hydroxylation is 2. The summed E-state index contributed by atoms with van der Waals surface area (Å²) in [5, 5.41) is 0.397. The number of imide groups is 1. The maximum atomic E-state index is 13.0. The quantitative estimate of drug-likeness (QED) is 0.505. The molecular weight excluding hydrogens is 402 g/mol. The van der Waals surface area contributed by atoms with Crippen molar-refractivity contribution in [1.82, 2.24) is 0 Å². The van der Waals surface area contributed by atoms with Gasteiger partial charge in [-0.1, -0.05) is 36.6 Å². The smallest absolute Gasteiger partial charge is 0.237 e. The summed E-state index contributed by atoms with van der Waals surface area (Å²) >= 11 is 6.16. The van der Waals surface area contributed by atoms with Crippen molar-refractivity contribution < 1.29 is 19.1 Å². The Kier molecular flexibility index (Phi) is 5.65. The normalized spacial score (nSPS) is 21.0. The molecule has 1 aliphatic heterocycles. The van der Waals surface area contributed by atoms with Crippen LogP contribution in [0.15, 0.2) is 36.4 Å². The average Bonchev–Trinajstić information content (AvgIpc) is 2.99. The highest BCUT2D eigenvalue weighted by Gasteiger charge is 2.49. The maximum absolute atomic E-state index is 13.0. The van der Waals surface area contributed by atoms with E-state index in [1.54, 1.807) is 24.3 Å². The Morgan fingerprint density at radius 2 is 1.67 bits per heavy atom. The third kappa shape index (κ3) is 3.74. The zero-order chi connectivity index (χ0) is 21.4. The molecule has 6 heteroatoms. The van der Waals surface area contributed by atoms with Crippen molar-refractivity contribution in [2.24, 2.45) is 11.8 Å². The standard InChI is InChI=1S/C24H24ClNO4/c1-14-7-8-16(11-15(14)2)21(27)13-30-22-10-9-17(25)12-20(22)26-23(28)18-5-3-4-6-19(18)24(26)29/h7-12,18-19H,3-6,13H2,1-2H3/t18-,19-/m0/s1. The monoisotopic (exact) mass is 425 g/mol. The molecule has 0 radical (unpaired) electrons. The van der Waals surface area contributed by atoms with Crippen molar-refractivity contribution in [2.75, 3.05) is 11.5 Å². The van der Waals surface area contributed by atoms with Crippen LogP contribution in [-0.2, 0) is 9.59 Å². The molecule has 2 aliphatic rings. The molecule has 30 heavy (non-hydrogen) atoms. The summed E-state index contributed by atoms with van der Waals surface area (Å²) in [6.45, 7) is 3.75. The second kappa shape index (κ2) is 8.23. The number of ether oxygens (including phenoxy) is 1. The number of Topliss-reactive ketones (excluding diaryl/α,β-unsaturated/α-hetero) is 1. The van der Waals surface area contributed by atoms with E-state index in [4.69, 9.17) is 16.3 Å². The van der Waals surface area contributed by atoms with Crippen LogP contribution in [0.1, 0.15) is 47.2 Å². The molecule has 0 aromatic heterocycles. The van der Waals surface area contributed by atoms with Crippen molar-refractivity contribution in [3.63, 3.8) is 0 Å². The molecule has 4 rings (SSSR count). The summed E-state index contributed by atoms with van der Waals surface area (Å²) in [5.74, 6) is -0.802. The Morgan fingerprint density at radius 1 is 1.00 bits per heavy atom. The fourth-order valence-electron chi connectivity index (χ4n) is 4.33. The molecule has 0 bridgehead atoms. The zero-order valence-electron chi connectivity index (χ0n) is 17.1. The molecule has 156 valence electrons. The zero-order valence-corrected chi connectivity index (χ0v) is 17.9. The molecule has 5 nitrogen and oxygen atoms in total. The molecule has 2 aromatic rings. The number of benzene rings is 2. The molecule has 0 spiro atoms. The topological polar surface area (TPSA) is 63.7 Å². The Bertz CT molecular complexity index is 1010. The first kappa shape index (κ1) is 20.6. The van der Waals surface area contributed by atoms with Crippen molar-refractivity contribution in [2.45, 2.75) is 39.5 Å². The molecular formula is C24H24ClNO4. The second-order valence-electron chi connectivity index (χ2n) is 8.13. The number of ketones is 1. The lowest BCUT2D eigenvalue weighted by Crippen LogP contribution is -2.31. The number of halogens is 1. The largest absolute Gasteiger partial charge is 0.483 e. The SMILES string of the molecule is Cc1ccc(C(=O)COc2ccc(Cl)cc2N2C(=O)[C@H]3CCCC[C@@H]3C2=O)cc1C. The lowest BCUT2D eigenvalue weighted by atomic mass is 9.81. The van der Waals surface area contributed by atoms with Crippen LogP contribution in [0, 0.1) is 25.7 Å².